The van der Waals surface area contributed by atoms with Crippen LogP contribution in [0.1, 0.15) is 32.3 Å². The summed E-state index contributed by atoms with van der Waals surface area (Å²) in [7, 11) is 2.07. The minimum atomic E-state index is -0.633. The highest BCUT2D eigenvalue weighted by Gasteiger charge is 2.25. The molecule has 1 saturated heterocycles. The second-order valence-corrected chi connectivity index (χ2v) is 7.28. The monoisotopic (exact) mass is 504 g/mol. The van der Waals surface area contributed by atoms with Crippen LogP contribution in [0.3, 0.4) is 0 Å². The maximum Gasteiger partial charge on any atom is 0.193 e. The topological polar surface area (TPSA) is 60.3 Å². The fraction of sp³-hybridized carbons (Fsp3) is 0.667. The molecule has 160 valence electrons. The highest BCUT2D eigenvalue weighted by Crippen LogP contribution is 2.17. The number of rotatable bonds is 9. The molecular formula is C21H37IN4O2. The fourth-order valence-corrected chi connectivity index (χ4v) is 3.53. The molecular weight excluding hydrogens is 467 g/mol. The standard InChI is InChI=1S/C21H36N4O2.HI/c1-5-22-21(24(4)15-18-10-8-12-25(18)6-2)23-14-19(26)16-27-20-11-7-9-17(3)13-20;/h7,9,11,13,18-19,26H,5-6,8,10,12,14-16H2,1-4H3,(H,22,23);1H. The lowest BCUT2D eigenvalue weighted by Gasteiger charge is -2.30. The van der Waals surface area contributed by atoms with Gasteiger partial charge < -0.3 is 20.1 Å². The van der Waals surface area contributed by atoms with E-state index >= 15 is 0 Å². The van der Waals surface area contributed by atoms with E-state index in [2.05, 4.69) is 41.0 Å². The number of guanidine groups is 1. The summed E-state index contributed by atoms with van der Waals surface area (Å²) < 4.78 is 5.68. The lowest BCUT2D eigenvalue weighted by atomic mass is 10.2. The molecule has 1 aliphatic rings. The van der Waals surface area contributed by atoms with Crippen LogP contribution in [0.2, 0.25) is 0 Å². The Morgan fingerprint density at radius 1 is 1.43 bits per heavy atom. The highest BCUT2D eigenvalue weighted by atomic mass is 127. The van der Waals surface area contributed by atoms with Crippen molar-refractivity contribution >= 4 is 29.9 Å². The minimum Gasteiger partial charge on any atom is -0.491 e. The van der Waals surface area contributed by atoms with Crippen LogP contribution >= 0.6 is 24.0 Å². The van der Waals surface area contributed by atoms with Crippen LogP contribution in [0.15, 0.2) is 29.3 Å². The molecule has 0 spiro atoms. The van der Waals surface area contributed by atoms with Gasteiger partial charge in [-0.1, -0.05) is 19.1 Å². The first-order valence-corrected chi connectivity index (χ1v) is 10.1. The number of likely N-dealkylation sites (N-methyl/N-ethyl adjacent to an activating group) is 2. The average Bonchev–Trinajstić information content (AvgIpc) is 3.10. The smallest absolute Gasteiger partial charge is 0.193 e. The van der Waals surface area contributed by atoms with Gasteiger partial charge in [-0.2, -0.15) is 0 Å². The molecule has 0 bridgehead atoms. The normalized spacial score (nSPS) is 18.5. The zero-order valence-corrected chi connectivity index (χ0v) is 20.1. The number of likely N-dealkylation sites (tertiary alicyclic amines) is 1. The molecule has 1 aromatic rings. The third kappa shape index (κ3) is 8.13. The van der Waals surface area contributed by atoms with Crippen LogP contribution in [-0.2, 0) is 0 Å². The van der Waals surface area contributed by atoms with E-state index in [0.29, 0.717) is 12.6 Å². The molecule has 0 amide bonds. The number of ether oxygens (including phenoxy) is 1. The number of aliphatic hydroxyl groups excluding tert-OH is 1. The number of nitrogens with zero attached hydrogens (tertiary/aromatic N) is 3. The number of aliphatic imine (C=N–C) groups is 1. The second kappa shape index (κ2) is 13.2. The first-order valence-electron chi connectivity index (χ1n) is 10.1. The Morgan fingerprint density at radius 3 is 2.89 bits per heavy atom. The van der Waals surface area contributed by atoms with Crippen LogP contribution in [0, 0.1) is 6.92 Å². The van der Waals surface area contributed by atoms with Gasteiger partial charge in [0.25, 0.3) is 0 Å². The van der Waals surface area contributed by atoms with Gasteiger partial charge in [-0.25, -0.2) is 0 Å². The maximum absolute atomic E-state index is 10.3. The summed E-state index contributed by atoms with van der Waals surface area (Å²) in [6.45, 7) is 10.9. The summed E-state index contributed by atoms with van der Waals surface area (Å²) in [4.78, 5) is 9.33. The molecule has 6 nitrogen and oxygen atoms in total. The summed E-state index contributed by atoms with van der Waals surface area (Å²) in [6, 6.07) is 8.43. The first kappa shape index (κ1) is 25.0. The van der Waals surface area contributed by atoms with E-state index in [0.717, 1.165) is 36.9 Å². The third-order valence-electron chi connectivity index (χ3n) is 4.97. The number of aliphatic hydroxyl groups is 1. The van der Waals surface area contributed by atoms with Crippen molar-refractivity contribution in [2.75, 3.05) is 46.4 Å². The average molecular weight is 504 g/mol. The molecule has 0 aromatic heterocycles. The van der Waals surface area contributed by atoms with Crippen molar-refractivity contribution in [1.29, 1.82) is 0 Å². The van der Waals surface area contributed by atoms with Crippen LogP contribution < -0.4 is 10.1 Å². The molecule has 2 atom stereocenters. The second-order valence-electron chi connectivity index (χ2n) is 7.28. The number of benzene rings is 1. The summed E-state index contributed by atoms with van der Waals surface area (Å²) in [5, 5.41) is 13.6. The van der Waals surface area contributed by atoms with E-state index < -0.39 is 6.10 Å². The SMILES string of the molecule is CCNC(=NCC(O)COc1cccc(C)c1)N(C)CC1CCCN1CC.I. The van der Waals surface area contributed by atoms with Gasteiger partial charge in [0.1, 0.15) is 18.5 Å². The van der Waals surface area contributed by atoms with Crippen LogP contribution in [0.25, 0.3) is 0 Å². The number of hydrogen-bond acceptors (Lipinski definition) is 4. The van der Waals surface area contributed by atoms with Gasteiger partial charge in [-0.05, 0) is 57.5 Å². The lowest BCUT2D eigenvalue weighted by Crippen LogP contribution is -2.46. The molecule has 2 unspecified atom stereocenters. The summed E-state index contributed by atoms with van der Waals surface area (Å²) in [5.41, 5.74) is 1.14. The highest BCUT2D eigenvalue weighted by molar-refractivity contribution is 14.0. The molecule has 2 N–H and O–H groups in total. The fourth-order valence-electron chi connectivity index (χ4n) is 3.53. The van der Waals surface area contributed by atoms with Crippen molar-refractivity contribution in [2.24, 2.45) is 4.99 Å². The maximum atomic E-state index is 10.3. The Bertz CT molecular complexity index is 600. The van der Waals surface area contributed by atoms with Crippen molar-refractivity contribution in [3.8, 4) is 5.75 Å². The number of halogens is 1. The predicted molar refractivity (Wildman–Crippen MR) is 127 cm³/mol. The number of aryl methyl sites for hydroxylation is 1. The molecule has 0 radical (unpaired) electrons. The predicted octanol–water partition coefficient (Wildman–Crippen LogP) is 2.73. The van der Waals surface area contributed by atoms with E-state index in [1.54, 1.807) is 0 Å². The van der Waals surface area contributed by atoms with Crippen LogP contribution in [0.5, 0.6) is 5.75 Å². The molecule has 1 fully saturated rings. The van der Waals surface area contributed by atoms with E-state index in [1.807, 2.05) is 31.2 Å². The zero-order chi connectivity index (χ0) is 19.6. The van der Waals surface area contributed by atoms with E-state index in [9.17, 15) is 5.11 Å². The quantitative estimate of drug-likeness (QED) is 0.308. The van der Waals surface area contributed by atoms with Gasteiger partial charge in [0.2, 0.25) is 0 Å². The van der Waals surface area contributed by atoms with Gasteiger partial charge >= 0.3 is 0 Å². The molecule has 28 heavy (non-hydrogen) atoms. The molecule has 7 heteroatoms. The Hall–Kier alpha value is -1.06. The third-order valence-corrected chi connectivity index (χ3v) is 4.97. The summed E-state index contributed by atoms with van der Waals surface area (Å²) in [6.07, 6.45) is 1.88. The van der Waals surface area contributed by atoms with Gasteiger partial charge in [0.15, 0.2) is 5.96 Å². The van der Waals surface area contributed by atoms with E-state index in [1.165, 1.54) is 19.4 Å². The molecule has 1 aromatic carbocycles. The lowest BCUT2D eigenvalue weighted by molar-refractivity contribution is 0.114. The largest absolute Gasteiger partial charge is 0.491 e. The van der Waals surface area contributed by atoms with Crippen LogP contribution in [0.4, 0.5) is 0 Å². The zero-order valence-electron chi connectivity index (χ0n) is 17.7. The van der Waals surface area contributed by atoms with Gasteiger partial charge in [-0.3, -0.25) is 9.89 Å². The molecule has 0 aliphatic carbocycles. The van der Waals surface area contributed by atoms with Crippen molar-refractivity contribution in [3.63, 3.8) is 0 Å². The summed E-state index contributed by atoms with van der Waals surface area (Å²) >= 11 is 0. The molecule has 1 aliphatic heterocycles. The van der Waals surface area contributed by atoms with Crippen molar-refractivity contribution in [2.45, 2.75) is 45.8 Å². The van der Waals surface area contributed by atoms with Crippen molar-refractivity contribution < 1.29 is 9.84 Å². The van der Waals surface area contributed by atoms with Gasteiger partial charge in [0.05, 0.1) is 6.54 Å². The minimum absolute atomic E-state index is 0. The van der Waals surface area contributed by atoms with Crippen molar-refractivity contribution in [1.82, 2.24) is 15.1 Å². The van der Waals surface area contributed by atoms with Crippen LogP contribution in [-0.4, -0.2) is 79.4 Å². The number of hydrogen-bond donors (Lipinski definition) is 2. The van der Waals surface area contributed by atoms with E-state index in [-0.39, 0.29) is 30.6 Å². The Kier molecular flexibility index (Phi) is 11.8. The number of nitrogens with one attached hydrogen (secondary N) is 1. The molecule has 1 heterocycles. The first-order chi connectivity index (χ1) is 13.0. The Balaban J connectivity index is 0.00000392. The molecule has 2 rings (SSSR count). The van der Waals surface area contributed by atoms with Gasteiger partial charge in [-0.15, -0.1) is 24.0 Å². The van der Waals surface area contributed by atoms with Gasteiger partial charge in [0, 0.05) is 26.2 Å². The molecule has 0 saturated carbocycles. The Morgan fingerprint density at radius 2 is 2.21 bits per heavy atom. The van der Waals surface area contributed by atoms with Crippen molar-refractivity contribution in [3.05, 3.63) is 29.8 Å². The van der Waals surface area contributed by atoms with E-state index in [4.69, 9.17) is 4.74 Å². The summed E-state index contributed by atoms with van der Waals surface area (Å²) in [5.74, 6) is 1.62. The Labute approximate surface area is 187 Å².